The second kappa shape index (κ2) is 5.98. The van der Waals surface area contributed by atoms with Gasteiger partial charge in [-0.05, 0) is 39.0 Å². The SMILES string of the molecule is CCC(C)N1C(=O)C(CC)(CC)NC(=O)C12CCCCC2. The normalized spacial score (nSPS) is 25.8. The first-order valence-corrected chi connectivity index (χ1v) is 8.63. The van der Waals surface area contributed by atoms with Crippen LogP contribution in [-0.4, -0.2) is 33.8 Å². The molecular formula is C17H30N2O2. The average Bonchev–Trinajstić information content (AvgIpc) is 2.52. The van der Waals surface area contributed by atoms with E-state index in [1.54, 1.807) is 0 Å². The molecule has 4 nitrogen and oxygen atoms in total. The van der Waals surface area contributed by atoms with Crippen molar-refractivity contribution in [2.45, 2.75) is 96.2 Å². The summed E-state index contributed by atoms with van der Waals surface area (Å²) in [5.74, 6) is 0.231. The molecule has 2 rings (SSSR count). The van der Waals surface area contributed by atoms with Crippen molar-refractivity contribution in [2.24, 2.45) is 0 Å². The molecule has 0 aromatic carbocycles. The van der Waals surface area contributed by atoms with Crippen LogP contribution in [0.2, 0.25) is 0 Å². The molecule has 1 aliphatic heterocycles. The lowest BCUT2D eigenvalue weighted by molar-refractivity contribution is -0.170. The Hall–Kier alpha value is -1.06. The molecule has 0 aromatic rings. The fourth-order valence-corrected chi connectivity index (χ4v) is 4.06. The molecule has 1 atom stereocenters. The predicted octanol–water partition coefficient (Wildman–Crippen LogP) is 3.01. The highest BCUT2D eigenvalue weighted by Gasteiger charge is 2.58. The maximum atomic E-state index is 13.2. The average molecular weight is 294 g/mol. The number of nitrogens with one attached hydrogen (secondary N) is 1. The van der Waals surface area contributed by atoms with Gasteiger partial charge in [0, 0.05) is 6.04 Å². The number of piperazine rings is 1. The van der Waals surface area contributed by atoms with E-state index in [1.165, 1.54) is 6.42 Å². The second-order valence-corrected chi connectivity index (χ2v) is 6.77. The van der Waals surface area contributed by atoms with Gasteiger partial charge in [0.1, 0.15) is 11.1 Å². The fourth-order valence-electron chi connectivity index (χ4n) is 4.06. The van der Waals surface area contributed by atoms with E-state index in [1.807, 2.05) is 18.7 Å². The minimum Gasteiger partial charge on any atom is -0.340 e. The van der Waals surface area contributed by atoms with E-state index >= 15 is 0 Å². The predicted molar refractivity (Wildman–Crippen MR) is 83.9 cm³/mol. The minimum atomic E-state index is -0.691. The van der Waals surface area contributed by atoms with Crippen LogP contribution in [-0.2, 0) is 9.59 Å². The number of hydrogen-bond donors (Lipinski definition) is 1. The first-order valence-electron chi connectivity index (χ1n) is 8.63. The van der Waals surface area contributed by atoms with E-state index in [0.29, 0.717) is 12.8 Å². The summed E-state index contributed by atoms with van der Waals surface area (Å²) < 4.78 is 0. The van der Waals surface area contributed by atoms with Gasteiger partial charge in [-0.2, -0.15) is 0 Å². The molecule has 2 amide bonds. The monoisotopic (exact) mass is 294 g/mol. The van der Waals surface area contributed by atoms with Crippen molar-refractivity contribution < 1.29 is 9.59 Å². The lowest BCUT2D eigenvalue weighted by atomic mass is 9.73. The van der Waals surface area contributed by atoms with Crippen LogP contribution >= 0.6 is 0 Å². The molecule has 120 valence electrons. The highest BCUT2D eigenvalue weighted by molar-refractivity contribution is 6.02. The van der Waals surface area contributed by atoms with Gasteiger partial charge in [0.15, 0.2) is 0 Å². The molecule has 1 spiro atoms. The third-order valence-corrected chi connectivity index (χ3v) is 5.78. The quantitative estimate of drug-likeness (QED) is 0.866. The summed E-state index contributed by atoms with van der Waals surface area (Å²) in [4.78, 5) is 28.2. The van der Waals surface area contributed by atoms with E-state index in [2.05, 4.69) is 19.2 Å². The molecule has 1 saturated carbocycles. The van der Waals surface area contributed by atoms with Gasteiger partial charge in [0.25, 0.3) is 0 Å². The van der Waals surface area contributed by atoms with Gasteiger partial charge in [0.2, 0.25) is 11.8 Å². The number of hydrogen-bond acceptors (Lipinski definition) is 2. The molecule has 0 radical (unpaired) electrons. The van der Waals surface area contributed by atoms with Crippen molar-refractivity contribution in [3.63, 3.8) is 0 Å². The summed E-state index contributed by atoms with van der Waals surface area (Å²) in [7, 11) is 0. The number of carbonyl (C=O) groups is 2. The standard InChI is InChI=1S/C17H30N2O2/c1-5-13(4)19-15(21)16(6-2,7-3)18-14(20)17(19)11-9-8-10-12-17/h13H,5-12H2,1-4H3,(H,18,20). The van der Waals surface area contributed by atoms with E-state index in [-0.39, 0.29) is 17.9 Å². The fraction of sp³-hybridized carbons (Fsp3) is 0.882. The second-order valence-electron chi connectivity index (χ2n) is 6.77. The van der Waals surface area contributed by atoms with Crippen LogP contribution in [0.1, 0.15) is 79.1 Å². The van der Waals surface area contributed by atoms with Crippen LogP contribution in [0.4, 0.5) is 0 Å². The van der Waals surface area contributed by atoms with Gasteiger partial charge in [-0.3, -0.25) is 9.59 Å². The number of amides is 2. The van der Waals surface area contributed by atoms with Crippen molar-refractivity contribution >= 4 is 11.8 Å². The third-order valence-electron chi connectivity index (χ3n) is 5.78. The molecule has 1 aliphatic carbocycles. The van der Waals surface area contributed by atoms with E-state index < -0.39 is 11.1 Å². The summed E-state index contributed by atoms with van der Waals surface area (Å²) >= 11 is 0. The van der Waals surface area contributed by atoms with E-state index in [0.717, 1.165) is 32.1 Å². The van der Waals surface area contributed by atoms with Crippen LogP contribution in [0.5, 0.6) is 0 Å². The van der Waals surface area contributed by atoms with Gasteiger partial charge in [-0.25, -0.2) is 0 Å². The highest BCUT2D eigenvalue weighted by atomic mass is 16.2. The molecule has 0 aromatic heterocycles. The van der Waals surface area contributed by atoms with Crippen LogP contribution in [0.25, 0.3) is 0 Å². The summed E-state index contributed by atoms with van der Waals surface area (Å²) in [5, 5.41) is 3.12. The largest absolute Gasteiger partial charge is 0.340 e. The van der Waals surface area contributed by atoms with Crippen molar-refractivity contribution in [2.75, 3.05) is 0 Å². The van der Waals surface area contributed by atoms with Gasteiger partial charge in [0.05, 0.1) is 0 Å². The highest BCUT2D eigenvalue weighted by Crippen LogP contribution is 2.41. The molecule has 1 unspecified atom stereocenters. The number of carbonyl (C=O) groups excluding carboxylic acids is 2. The lowest BCUT2D eigenvalue weighted by Gasteiger charge is -2.55. The Morgan fingerprint density at radius 1 is 1.10 bits per heavy atom. The maximum Gasteiger partial charge on any atom is 0.249 e. The minimum absolute atomic E-state index is 0.0887. The van der Waals surface area contributed by atoms with Crippen molar-refractivity contribution in [1.29, 1.82) is 0 Å². The van der Waals surface area contributed by atoms with Gasteiger partial charge >= 0.3 is 0 Å². The Kier molecular flexibility index (Phi) is 4.64. The molecule has 4 heteroatoms. The van der Waals surface area contributed by atoms with E-state index in [4.69, 9.17) is 0 Å². The third kappa shape index (κ3) is 2.36. The Bertz CT molecular complexity index is 409. The van der Waals surface area contributed by atoms with Crippen LogP contribution in [0.3, 0.4) is 0 Å². The number of nitrogens with zero attached hydrogens (tertiary/aromatic N) is 1. The Labute approximate surface area is 128 Å². The zero-order valence-corrected chi connectivity index (χ0v) is 14.0. The Morgan fingerprint density at radius 2 is 1.67 bits per heavy atom. The van der Waals surface area contributed by atoms with Crippen molar-refractivity contribution in [3.05, 3.63) is 0 Å². The summed E-state index contributed by atoms with van der Waals surface area (Å²) in [6.45, 7) is 8.17. The molecule has 1 N–H and O–H groups in total. The summed E-state index contributed by atoms with van der Waals surface area (Å²) in [6.07, 6.45) is 7.11. The first-order chi connectivity index (χ1) is 9.97. The molecule has 0 bridgehead atoms. The lowest BCUT2D eigenvalue weighted by Crippen LogP contribution is -2.77. The zero-order chi connectivity index (χ0) is 15.7. The molecule has 2 fully saturated rings. The molecule has 21 heavy (non-hydrogen) atoms. The van der Waals surface area contributed by atoms with Crippen molar-refractivity contribution in [1.82, 2.24) is 10.2 Å². The zero-order valence-electron chi connectivity index (χ0n) is 14.0. The molecule has 1 saturated heterocycles. The summed E-state index contributed by atoms with van der Waals surface area (Å²) in [6, 6.07) is 0.124. The molecule has 1 heterocycles. The molecular weight excluding hydrogens is 264 g/mol. The smallest absolute Gasteiger partial charge is 0.249 e. The van der Waals surface area contributed by atoms with E-state index in [9.17, 15) is 9.59 Å². The topological polar surface area (TPSA) is 49.4 Å². The maximum absolute atomic E-state index is 13.2. The Balaban J connectivity index is 2.47. The summed E-state index contributed by atoms with van der Waals surface area (Å²) in [5.41, 5.74) is -1.28. The van der Waals surface area contributed by atoms with Crippen LogP contribution in [0.15, 0.2) is 0 Å². The van der Waals surface area contributed by atoms with Crippen LogP contribution < -0.4 is 5.32 Å². The first kappa shape index (κ1) is 16.3. The Morgan fingerprint density at radius 3 is 2.14 bits per heavy atom. The van der Waals surface area contributed by atoms with Gasteiger partial charge < -0.3 is 10.2 Å². The molecule has 2 aliphatic rings. The number of rotatable bonds is 4. The van der Waals surface area contributed by atoms with Gasteiger partial charge in [-0.15, -0.1) is 0 Å². The van der Waals surface area contributed by atoms with Crippen LogP contribution in [0, 0.1) is 0 Å². The van der Waals surface area contributed by atoms with Gasteiger partial charge in [-0.1, -0.05) is 40.0 Å². The van der Waals surface area contributed by atoms with Crippen molar-refractivity contribution in [3.8, 4) is 0 Å².